The fraction of sp³-hybridized carbons (Fsp3) is 1.00. The van der Waals surface area contributed by atoms with Crippen molar-refractivity contribution in [2.75, 3.05) is 19.7 Å². The van der Waals surface area contributed by atoms with Crippen LogP contribution in [0.1, 0.15) is 6.42 Å². The smallest absolute Gasteiger partial charge is 0.126 e. The molecule has 2 heterocycles. The summed E-state index contributed by atoms with van der Waals surface area (Å²) in [6.07, 6.45) is -0.118. The fourth-order valence-corrected chi connectivity index (χ4v) is 1.44. The Morgan fingerprint density at radius 1 is 1.56 bits per heavy atom. The molecule has 1 N–H and O–H groups in total. The number of alkyl halides is 1. The average molecular weight is 131 g/mol. The first-order valence-corrected chi connectivity index (χ1v) is 3.30. The van der Waals surface area contributed by atoms with Crippen molar-refractivity contribution < 1.29 is 9.13 Å². The lowest BCUT2D eigenvalue weighted by Gasteiger charge is -2.37. The number of hydrogen-bond acceptors (Lipinski definition) is 2. The molecule has 0 unspecified atom stereocenters. The van der Waals surface area contributed by atoms with Crippen LogP contribution < -0.4 is 5.32 Å². The number of nitrogens with one attached hydrogen (secondary N) is 1. The summed E-state index contributed by atoms with van der Waals surface area (Å²) in [7, 11) is 0. The van der Waals surface area contributed by atoms with Gasteiger partial charge in [0.1, 0.15) is 6.17 Å². The van der Waals surface area contributed by atoms with Crippen LogP contribution in [0.15, 0.2) is 0 Å². The summed E-state index contributed by atoms with van der Waals surface area (Å²) in [6, 6.07) is 0. The first kappa shape index (κ1) is 5.62. The Labute approximate surface area is 53.4 Å². The van der Waals surface area contributed by atoms with Crippen LogP contribution >= 0.6 is 0 Å². The van der Waals surface area contributed by atoms with Crippen LogP contribution in [0.2, 0.25) is 0 Å². The highest BCUT2D eigenvalue weighted by atomic mass is 19.1. The summed E-state index contributed by atoms with van der Waals surface area (Å²) >= 11 is 0. The second kappa shape index (κ2) is 1.67. The lowest BCUT2D eigenvalue weighted by Crippen LogP contribution is -2.59. The van der Waals surface area contributed by atoms with E-state index in [4.69, 9.17) is 4.74 Å². The number of hydrogen-bond donors (Lipinski definition) is 1. The standard InChI is InChI=1S/C6H10FNO/c7-5-1-6(9-2-5)3-8-4-6/h5,8H,1-4H2/t5-/m1/s1. The molecule has 2 fully saturated rings. The van der Waals surface area contributed by atoms with E-state index in [1.165, 1.54) is 0 Å². The van der Waals surface area contributed by atoms with Gasteiger partial charge in [0.25, 0.3) is 0 Å². The van der Waals surface area contributed by atoms with Crippen molar-refractivity contribution in [3.8, 4) is 0 Å². The van der Waals surface area contributed by atoms with Crippen LogP contribution in [0, 0.1) is 0 Å². The van der Waals surface area contributed by atoms with E-state index >= 15 is 0 Å². The highest BCUT2D eigenvalue weighted by Gasteiger charge is 2.45. The lowest BCUT2D eigenvalue weighted by atomic mass is 9.93. The SMILES string of the molecule is F[C@H]1COC2(CNC2)C1. The van der Waals surface area contributed by atoms with E-state index in [2.05, 4.69) is 5.32 Å². The van der Waals surface area contributed by atoms with Gasteiger partial charge in [-0.05, 0) is 0 Å². The normalized spacial score (nSPS) is 39.0. The third-order valence-corrected chi connectivity index (χ3v) is 2.06. The minimum absolute atomic E-state index is 0.0978. The molecule has 2 saturated heterocycles. The van der Waals surface area contributed by atoms with Crippen molar-refractivity contribution in [2.45, 2.75) is 18.2 Å². The Kier molecular flexibility index (Phi) is 1.04. The zero-order valence-electron chi connectivity index (χ0n) is 5.19. The van der Waals surface area contributed by atoms with Crippen molar-refractivity contribution in [1.29, 1.82) is 0 Å². The van der Waals surface area contributed by atoms with Gasteiger partial charge in [0.15, 0.2) is 0 Å². The van der Waals surface area contributed by atoms with E-state index in [1.807, 2.05) is 0 Å². The van der Waals surface area contributed by atoms with Crippen molar-refractivity contribution in [3.63, 3.8) is 0 Å². The largest absolute Gasteiger partial charge is 0.369 e. The Morgan fingerprint density at radius 3 is 2.56 bits per heavy atom. The maximum atomic E-state index is 12.5. The second-order valence-corrected chi connectivity index (χ2v) is 2.90. The Balaban J connectivity index is 1.99. The molecule has 1 atom stereocenters. The molecule has 2 nitrogen and oxygen atoms in total. The van der Waals surface area contributed by atoms with E-state index in [0.717, 1.165) is 13.1 Å². The van der Waals surface area contributed by atoms with E-state index in [9.17, 15) is 4.39 Å². The third kappa shape index (κ3) is 0.756. The summed E-state index contributed by atoms with van der Waals surface area (Å²) in [6.45, 7) is 1.99. The van der Waals surface area contributed by atoms with E-state index in [-0.39, 0.29) is 5.60 Å². The molecular weight excluding hydrogens is 121 g/mol. The van der Waals surface area contributed by atoms with Gasteiger partial charge in [-0.15, -0.1) is 0 Å². The third-order valence-electron chi connectivity index (χ3n) is 2.06. The van der Waals surface area contributed by atoms with Crippen LogP contribution in [0.3, 0.4) is 0 Å². The number of halogens is 1. The maximum absolute atomic E-state index is 12.5. The molecule has 0 radical (unpaired) electrons. The molecule has 0 saturated carbocycles. The Hall–Kier alpha value is -0.150. The summed E-state index contributed by atoms with van der Waals surface area (Å²) in [5, 5.41) is 3.07. The topological polar surface area (TPSA) is 21.3 Å². The van der Waals surface area contributed by atoms with Gasteiger partial charge in [0.2, 0.25) is 0 Å². The van der Waals surface area contributed by atoms with E-state index in [1.54, 1.807) is 0 Å². The molecule has 0 aliphatic carbocycles. The van der Waals surface area contributed by atoms with Gasteiger partial charge in [0, 0.05) is 19.5 Å². The minimum atomic E-state index is -0.716. The molecule has 0 aromatic carbocycles. The summed E-state index contributed by atoms with van der Waals surface area (Å²) in [5.41, 5.74) is -0.0978. The molecule has 2 aliphatic rings. The molecule has 52 valence electrons. The van der Waals surface area contributed by atoms with Gasteiger partial charge in [-0.25, -0.2) is 4.39 Å². The van der Waals surface area contributed by atoms with Crippen molar-refractivity contribution in [2.24, 2.45) is 0 Å². The van der Waals surface area contributed by atoms with Gasteiger partial charge >= 0.3 is 0 Å². The Bertz CT molecular complexity index is 124. The van der Waals surface area contributed by atoms with Gasteiger partial charge < -0.3 is 10.1 Å². The van der Waals surface area contributed by atoms with Crippen LogP contribution in [-0.4, -0.2) is 31.5 Å². The van der Waals surface area contributed by atoms with E-state index in [0.29, 0.717) is 13.0 Å². The summed E-state index contributed by atoms with van der Waals surface area (Å²) in [5.74, 6) is 0. The van der Waals surface area contributed by atoms with Crippen LogP contribution in [0.5, 0.6) is 0 Å². The summed E-state index contributed by atoms with van der Waals surface area (Å²) < 4.78 is 17.7. The molecule has 0 bridgehead atoms. The van der Waals surface area contributed by atoms with Gasteiger partial charge in [0.05, 0.1) is 12.2 Å². The van der Waals surface area contributed by atoms with Crippen molar-refractivity contribution >= 4 is 0 Å². The molecule has 0 aromatic heterocycles. The van der Waals surface area contributed by atoms with Crippen LogP contribution in [0.25, 0.3) is 0 Å². The highest BCUT2D eigenvalue weighted by Crippen LogP contribution is 2.30. The molecule has 0 aromatic rings. The average Bonchev–Trinajstić information content (AvgIpc) is 2.09. The quantitative estimate of drug-likeness (QED) is 0.503. The number of ether oxygens (including phenoxy) is 1. The zero-order valence-corrected chi connectivity index (χ0v) is 5.19. The Morgan fingerprint density at radius 2 is 2.33 bits per heavy atom. The van der Waals surface area contributed by atoms with Crippen molar-refractivity contribution in [3.05, 3.63) is 0 Å². The number of rotatable bonds is 0. The molecule has 3 heteroatoms. The van der Waals surface area contributed by atoms with Crippen molar-refractivity contribution in [1.82, 2.24) is 5.32 Å². The molecule has 0 amide bonds. The van der Waals surface area contributed by atoms with E-state index < -0.39 is 6.17 Å². The molecule has 9 heavy (non-hydrogen) atoms. The monoisotopic (exact) mass is 131 g/mol. The maximum Gasteiger partial charge on any atom is 0.126 e. The molecular formula is C6H10FNO. The first-order chi connectivity index (χ1) is 4.31. The molecule has 1 spiro atoms. The zero-order chi connectivity index (χ0) is 6.32. The minimum Gasteiger partial charge on any atom is -0.369 e. The van der Waals surface area contributed by atoms with Crippen LogP contribution in [-0.2, 0) is 4.74 Å². The molecule has 2 rings (SSSR count). The fourth-order valence-electron chi connectivity index (χ4n) is 1.44. The predicted molar refractivity (Wildman–Crippen MR) is 31.1 cm³/mol. The summed E-state index contributed by atoms with van der Waals surface area (Å²) in [4.78, 5) is 0. The van der Waals surface area contributed by atoms with Gasteiger partial charge in [-0.3, -0.25) is 0 Å². The first-order valence-electron chi connectivity index (χ1n) is 3.30. The van der Waals surface area contributed by atoms with Crippen LogP contribution in [0.4, 0.5) is 4.39 Å². The van der Waals surface area contributed by atoms with Gasteiger partial charge in [-0.1, -0.05) is 0 Å². The van der Waals surface area contributed by atoms with Gasteiger partial charge in [-0.2, -0.15) is 0 Å². The lowest BCUT2D eigenvalue weighted by molar-refractivity contribution is -0.0364. The second-order valence-electron chi connectivity index (χ2n) is 2.90. The predicted octanol–water partition coefficient (Wildman–Crippen LogP) is 0.0868. The highest BCUT2D eigenvalue weighted by molar-refractivity contribution is 4.99. The molecule has 2 aliphatic heterocycles.